The van der Waals surface area contributed by atoms with Crippen LogP contribution in [0.15, 0.2) is 36.4 Å². The third kappa shape index (κ3) is 4.59. The molecule has 1 spiro atoms. The number of carbonyl (C=O) groups is 1. The zero-order valence-corrected chi connectivity index (χ0v) is 21.1. The molecule has 7 nitrogen and oxygen atoms in total. The van der Waals surface area contributed by atoms with Crippen molar-refractivity contribution in [1.29, 1.82) is 0 Å². The number of methoxy groups -OCH3 is 1. The molecule has 2 fully saturated rings. The molecule has 0 saturated carbocycles. The van der Waals surface area contributed by atoms with Gasteiger partial charge in [-0.05, 0) is 76.2 Å². The Morgan fingerprint density at radius 1 is 1.23 bits per heavy atom. The van der Waals surface area contributed by atoms with Gasteiger partial charge in [-0.3, -0.25) is 9.69 Å². The van der Waals surface area contributed by atoms with Gasteiger partial charge in [0, 0.05) is 23.2 Å². The largest absolute Gasteiger partial charge is 0.504 e. The molecule has 0 aromatic heterocycles. The first-order valence-electron chi connectivity index (χ1n) is 12.5. The number of hydrogen-bond donors (Lipinski definition) is 2. The van der Waals surface area contributed by atoms with E-state index in [1.54, 1.807) is 13.2 Å². The van der Waals surface area contributed by atoms with Gasteiger partial charge < -0.3 is 24.6 Å². The first-order valence-corrected chi connectivity index (χ1v) is 12.5. The molecule has 3 aliphatic rings. The number of carbonyl (C=O) groups excluding carboxylic acids is 1. The zero-order valence-electron chi connectivity index (χ0n) is 21.1. The second-order valence-corrected chi connectivity index (χ2v) is 10.9. The second-order valence-electron chi connectivity index (χ2n) is 10.9. The first kappa shape index (κ1) is 23.9. The van der Waals surface area contributed by atoms with Crippen LogP contribution in [0.5, 0.6) is 17.2 Å². The van der Waals surface area contributed by atoms with Gasteiger partial charge in [0.15, 0.2) is 11.5 Å². The van der Waals surface area contributed by atoms with Gasteiger partial charge in [0.2, 0.25) is 5.91 Å². The average Bonchev–Trinajstić information content (AvgIpc) is 2.83. The first-order chi connectivity index (χ1) is 16.7. The third-order valence-corrected chi connectivity index (χ3v) is 8.18. The molecule has 5 rings (SSSR count). The molecular formula is C28H36N2O5. The Hall–Kier alpha value is -2.77. The van der Waals surface area contributed by atoms with Crippen LogP contribution in [0.25, 0.3) is 0 Å². The number of benzene rings is 2. The maximum atomic E-state index is 12.8. The van der Waals surface area contributed by atoms with E-state index >= 15 is 0 Å². The van der Waals surface area contributed by atoms with E-state index in [4.69, 9.17) is 14.2 Å². The summed E-state index contributed by atoms with van der Waals surface area (Å²) in [7, 11) is 1.63. The van der Waals surface area contributed by atoms with E-state index in [1.807, 2.05) is 37.3 Å². The molecule has 2 saturated heterocycles. The van der Waals surface area contributed by atoms with Crippen molar-refractivity contribution in [2.75, 3.05) is 38.7 Å². The average molecular weight is 481 g/mol. The minimum Gasteiger partial charge on any atom is -0.504 e. The SMILES string of the molecule is COc1ccc(C)c(NC(=O)CN2CCC3(CC2)CO[C@@H]2c4cccc(O)c4OC(C)(C)[C@H]2C3)c1. The molecule has 0 aliphatic carbocycles. The Kier molecular flexibility index (Phi) is 6.18. The second kappa shape index (κ2) is 9.03. The molecule has 1 amide bonds. The fourth-order valence-electron chi connectivity index (χ4n) is 5.94. The molecule has 2 atom stereocenters. The van der Waals surface area contributed by atoms with E-state index in [0.717, 1.165) is 54.9 Å². The highest BCUT2D eigenvalue weighted by Crippen LogP contribution is 2.56. The Morgan fingerprint density at radius 2 is 2.00 bits per heavy atom. The number of amides is 1. The molecule has 7 heteroatoms. The summed E-state index contributed by atoms with van der Waals surface area (Å²) in [5, 5.41) is 13.4. The Morgan fingerprint density at radius 3 is 2.74 bits per heavy atom. The summed E-state index contributed by atoms with van der Waals surface area (Å²) < 4.78 is 18.1. The monoisotopic (exact) mass is 480 g/mol. The molecule has 0 bridgehead atoms. The number of nitrogens with one attached hydrogen (secondary N) is 1. The van der Waals surface area contributed by atoms with Gasteiger partial charge in [0.1, 0.15) is 11.4 Å². The molecule has 3 heterocycles. The molecule has 2 aromatic carbocycles. The quantitative estimate of drug-likeness (QED) is 0.662. The van der Waals surface area contributed by atoms with Gasteiger partial charge in [-0.1, -0.05) is 18.2 Å². The maximum absolute atomic E-state index is 12.8. The number of phenolic OH excluding ortho intramolecular Hbond substituents is 1. The summed E-state index contributed by atoms with van der Waals surface area (Å²) in [5.41, 5.74) is 2.41. The molecule has 3 aliphatic heterocycles. The van der Waals surface area contributed by atoms with Crippen molar-refractivity contribution < 1.29 is 24.1 Å². The van der Waals surface area contributed by atoms with E-state index in [2.05, 4.69) is 24.1 Å². The fraction of sp³-hybridized carbons (Fsp3) is 0.536. The van der Waals surface area contributed by atoms with Gasteiger partial charge >= 0.3 is 0 Å². The number of phenols is 1. The van der Waals surface area contributed by atoms with Crippen molar-refractivity contribution in [1.82, 2.24) is 4.90 Å². The Labute approximate surface area is 207 Å². The van der Waals surface area contributed by atoms with Crippen LogP contribution >= 0.6 is 0 Å². The number of fused-ring (bicyclic) bond motifs is 3. The molecule has 2 aromatic rings. The minimum absolute atomic E-state index is 0.00418. The van der Waals surface area contributed by atoms with E-state index in [1.165, 1.54) is 0 Å². The van der Waals surface area contributed by atoms with Crippen molar-refractivity contribution in [2.24, 2.45) is 11.3 Å². The molecule has 35 heavy (non-hydrogen) atoms. The van der Waals surface area contributed by atoms with E-state index in [-0.39, 0.29) is 29.1 Å². The lowest BCUT2D eigenvalue weighted by Gasteiger charge is -2.54. The number of hydrogen-bond acceptors (Lipinski definition) is 6. The summed E-state index contributed by atoms with van der Waals surface area (Å²) in [6.45, 7) is 8.98. The van der Waals surface area contributed by atoms with Gasteiger partial charge in [0.25, 0.3) is 0 Å². The summed E-state index contributed by atoms with van der Waals surface area (Å²) in [6, 6.07) is 11.2. The van der Waals surface area contributed by atoms with Gasteiger partial charge in [-0.2, -0.15) is 0 Å². The van der Waals surface area contributed by atoms with Crippen molar-refractivity contribution >= 4 is 11.6 Å². The van der Waals surface area contributed by atoms with E-state index in [0.29, 0.717) is 18.9 Å². The van der Waals surface area contributed by atoms with Gasteiger partial charge in [0.05, 0.1) is 26.4 Å². The van der Waals surface area contributed by atoms with Crippen LogP contribution in [0.3, 0.4) is 0 Å². The zero-order chi connectivity index (χ0) is 24.8. The van der Waals surface area contributed by atoms with Crippen molar-refractivity contribution in [2.45, 2.75) is 51.7 Å². The number of piperidine rings is 1. The van der Waals surface area contributed by atoms with Crippen molar-refractivity contribution in [3.05, 3.63) is 47.5 Å². The summed E-state index contributed by atoms with van der Waals surface area (Å²) in [5.74, 6) is 1.66. The maximum Gasteiger partial charge on any atom is 0.238 e. The van der Waals surface area contributed by atoms with Crippen LogP contribution in [0.4, 0.5) is 5.69 Å². The molecule has 188 valence electrons. The molecular weight excluding hydrogens is 444 g/mol. The predicted molar refractivity (Wildman–Crippen MR) is 134 cm³/mol. The standard InChI is InChI=1S/C28H36N2O5/c1-18-8-9-19(33-4)14-22(18)29-24(32)16-30-12-10-28(11-13-30)15-21-25(34-17-28)20-6-5-7-23(31)26(20)35-27(21,2)3/h5-9,14,21,25,31H,10-13,15-17H2,1-4H3,(H,29,32)/t21-,25+/m0/s1. The van der Waals surface area contributed by atoms with Crippen LogP contribution < -0.4 is 14.8 Å². The van der Waals surface area contributed by atoms with Crippen molar-refractivity contribution in [3.63, 3.8) is 0 Å². The Bertz CT molecular complexity index is 1110. The van der Waals surface area contributed by atoms with Gasteiger partial charge in [-0.15, -0.1) is 0 Å². The number of anilines is 1. The molecule has 2 N–H and O–H groups in total. The van der Waals surface area contributed by atoms with Crippen LogP contribution in [-0.4, -0.2) is 54.9 Å². The van der Waals surface area contributed by atoms with Crippen molar-refractivity contribution in [3.8, 4) is 17.2 Å². The number of aryl methyl sites for hydroxylation is 1. The number of para-hydroxylation sites is 1. The third-order valence-electron chi connectivity index (χ3n) is 8.18. The van der Waals surface area contributed by atoms with Crippen LogP contribution in [0.2, 0.25) is 0 Å². The van der Waals surface area contributed by atoms with Crippen LogP contribution in [-0.2, 0) is 9.53 Å². The Balaban J connectivity index is 1.21. The van der Waals surface area contributed by atoms with Gasteiger partial charge in [-0.25, -0.2) is 0 Å². The number of likely N-dealkylation sites (tertiary alicyclic amines) is 1. The smallest absolute Gasteiger partial charge is 0.238 e. The minimum atomic E-state index is -0.435. The highest BCUT2D eigenvalue weighted by molar-refractivity contribution is 5.93. The lowest BCUT2D eigenvalue weighted by molar-refractivity contribution is -0.174. The predicted octanol–water partition coefficient (Wildman–Crippen LogP) is 4.68. The molecule has 0 unspecified atom stereocenters. The summed E-state index contributed by atoms with van der Waals surface area (Å²) >= 11 is 0. The topological polar surface area (TPSA) is 80.3 Å². The molecule has 0 radical (unpaired) electrons. The number of rotatable bonds is 4. The highest BCUT2D eigenvalue weighted by atomic mass is 16.5. The lowest BCUT2D eigenvalue weighted by Crippen LogP contribution is -2.54. The summed E-state index contributed by atoms with van der Waals surface area (Å²) in [6.07, 6.45) is 2.93. The lowest BCUT2D eigenvalue weighted by atomic mass is 9.64. The summed E-state index contributed by atoms with van der Waals surface area (Å²) in [4.78, 5) is 15.0. The highest BCUT2D eigenvalue weighted by Gasteiger charge is 2.53. The number of ether oxygens (including phenoxy) is 3. The van der Waals surface area contributed by atoms with E-state index < -0.39 is 5.60 Å². The van der Waals surface area contributed by atoms with Crippen LogP contribution in [0.1, 0.15) is 50.3 Å². The normalized spacial score (nSPS) is 24.7. The number of nitrogens with zero attached hydrogens (tertiary/aromatic N) is 1. The fourth-order valence-corrected chi connectivity index (χ4v) is 5.94. The number of aromatic hydroxyl groups is 1. The van der Waals surface area contributed by atoms with Crippen LogP contribution in [0, 0.1) is 18.3 Å². The van der Waals surface area contributed by atoms with E-state index in [9.17, 15) is 9.90 Å².